The molecule has 0 spiro atoms. The molecule has 4 aromatic rings. The normalized spacial score (nSPS) is 12.5. The van der Waals surface area contributed by atoms with Crippen LogP contribution in [0.5, 0.6) is 17.5 Å². The van der Waals surface area contributed by atoms with Gasteiger partial charge in [-0.1, -0.05) is 75.9 Å². The summed E-state index contributed by atoms with van der Waals surface area (Å²) in [5.74, 6) is -1.34. The lowest BCUT2D eigenvalue weighted by Gasteiger charge is -2.32. The summed E-state index contributed by atoms with van der Waals surface area (Å²) in [6, 6.07) is 18.6. The molecular weight excluding hydrogens is 789 g/mol. The molecule has 0 radical (unpaired) electrons. The van der Waals surface area contributed by atoms with Crippen molar-refractivity contribution < 1.29 is 41.8 Å². The van der Waals surface area contributed by atoms with Crippen LogP contribution in [-0.2, 0) is 24.3 Å². The molecule has 15 nitrogen and oxygen atoms in total. The van der Waals surface area contributed by atoms with Crippen LogP contribution >= 0.6 is 0 Å². The lowest BCUT2D eigenvalue weighted by molar-refractivity contribution is -0.129. The van der Waals surface area contributed by atoms with E-state index in [2.05, 4.69) is 39.1 Å². The van der Waals surface area contributed by atoms with E-state index in [-0.39, 0.29) is 28.8 Å². The Hall–Kier alpha value is -6.55. The molecule has 0 aliphatic carbocycles. The Morgan fingerprint density at radius 1 is 0.833 bits per heavy atom. The number of benzene rings is 3. The Labute approximate surface area is 351 Å². The van der Waals surface area contributed by atoms with E-state index in [9.17, 15) is 27.6 Å². The molecule has 0 saturated heterocycles. The van der Waals surface area contributed by atoms with Crippen LogP contribution in [0.15, 0.2) is 98.1 Å². The van der Waals surface area contributed by atoms with Crippen molar-refractivity contribution in [3.63, 3.8) is 0 Å². The highest BCUT2D eigenvalue weighted by molar-refractivity contribution is 7.90. The number of alkyl carbamates (subject to hydrolysis) is 1. The molecule has 0 aliphatic heterocycles. The number of methoxy groups -OCH3 is 1. The second-order valence-corrected chi connectivity index (χ2v) is 17.5. The van der Waals surface area contributed by atoms with Gasteiger partial charge in [-0.3, -0.25) is 14.4 Å². The Morgan fingerprint density at radius 2 is 1.50 bits per heavy atom. The van der Waals surface area contributed by atoms with E-state index in [1.165, 1.54) is 43.5 Å². The maximum absolute atomic E-state index is 14.2. The summed E-state index contributed by atoms with van der Waals surface area (Å²) in [5, 5.41) is 8.19. The minimum absolute atomic E-state index is 0.0368. The first kappa shape index (κ1) is 46.1. The molecule has 60 heavy (non-hydrogen) atoms. The summed E-state index contributed by atoms with van der Waals surface area (Å²) in [7, 11) is -2.41. The summed E-state index contributed by atoms with van der Waals surface area (Å²) < 4.78 is 43.8. The topological polar surface area (TPSA) is 204 Å². The number of carbonyl (C=O) groups is 4. The second kappa shape index (κ2) is 19.9. The summed E-state index contributed by atoms with van der Waals surface area (Å²) >= 11 is 0. The molecule has 4 amide bonds. The van der Waals surface area contributed by atoms with Gasteiger partial charge < -0.3 is 30.2 Å². The van der Waals surface area contributed by atoms with Crippen molar-refractivity contribution in [2.24, 2.45) is 5.41 Å². The Morgan fingerprint density at radius 3 is 2.10 bits per heavy atom. The van der Waals surface area contributed by atoms with Gasteiger partial charge in [0.2, 0.25) is 27.7 Å². The fraction of sp³-hybridized carbons (Fsp3) is 0.318. The SMILES string of the molecule is C=CCCCS(=O)(=O)NC(=O)c1ccc(NC(=O)[C@@H](NC(=O)[C@@H](NC(=O)OC(C)(C)C)C(C)(C)C)c2ccc(Oc3cc(OC)nc(-c4ccccc4)n3)c(C=C)c2)cc1. The number of nitrogens with zero attached hydrogens (tertiary/aromatic N) is 2. The van der Waals surface area contributed by atoms with Crippen LogP contribution < -0.4 is 30.1 Å². The number of unbranched alkanes of at least 4 members (excludes halogenated alkanes) is 1. The van der Waals surface area contributed by atoms with Gasteiger partial charge in [0, 0.05) is 22.4 Å². The maximum Gasteiger partial charge on any atom is 0.408 e. The molecule has 0 bridgehead atoms. The predicted molar refractivity (Wildman–Crippen MR) is 230 cm³/mol. The molecule has 1 aromatic heterocycles. The third-order valence-corrected chi connectivity index (χ3v) is 9.87. The molecule has 3 aromatic carbocycles. The lowest BCUT2D eigenvalue weighted by atomic mass is 9.86. The third kappa shape index (κ3) is 13.5. The van der Waals surface area contributed by atoms with Crippen molar-refractivity contribution in [2.75, 3.05) is 18.2 Å². The van der Waals surface area contributed by atoms with Crippen LogP contribution in [0.25, 0.3) is 17.5 Å². The zero-order valence-electron chi connectivity index (χ0n) is 34.8. The number of rotatable bonds is 17. The van der Waals surface area contributed by atoms with Crippen molar-refractivity contribution in [3.05, 3.63) is 115 Å². The van der Waals surface area contributed by atoms with Crippen LogP contribution in [0.3, 0.4) is 0 Å². The number of hydrogen-bond donors (Lipinski definition) is 4. The van der Waals surface area contributed by atoms with Gasteiger partial charge in [0.15, 0.2) is 5.82 Å². The van der Waals surface area contributed by atoms with Gasteiger partial charge in [-0.2, -0.15) is 9.97 Å². The van der Waals surface area contributed by atoms with Crippen molar-refractivity contribution in [1.82, 2.24) is 25.3 Å². The maximum atomic E-state index is 14.2. The van der Waals surface area contributed by atoms with Crippen LogP contribution in [0, 0.1) is 5.41 Å². The number of nitrogens with one attached hydrogen (secondary N) is 4. The van der Waals surface area contributed by atoms with E-state index in [1.807, 2.05) is 35.1 Å². The first-order valence-electron chi connectivity index (χ1n) is 19.0. The number of aromatic nitrogens is 2. The van der Waals surface area contributed by atoms with Crippen molar-refractivity contribution >= 4 is 45.6 Å². The van der Waals surface area contributed by atoms with Crippen LogP contribution in [0.2, 0.25) is 0 Å². The molecule has 0 saturated carbocycles. The number of sulfonamides is 1. The molecule has 2 atom stereocenters. The van der Waals surface area contributed by atoms with Gasteiger partial charge in [0.25, 0.3) is 11.8 Å². The van der Waals surface area contributed by atoms with E-state index in [4.69, 9.17) is 14.2 Å². The first-order valence-corrected chi connectivity index (χ1v) is 20.7. The van der Waals surface area contributed by atoms with E-state index < -0.39 is 56.9 Å². The average Bonchev–Trinajstić information content (AvgIpc) is 3.18. The lowest BCUT2D eigenvalue weighted by Crippen LogP contribution is -2.55. The van der Waals surface area contributed by atoms with E-state index >= 15 is 0 Å². The highest BCUT2D eigenvalue weighted by Crippen LogP contribution is 2.32. The predicted octanol–water partition coefficient (Wildman–Crippen LogP) is 7.35. The Balaban J connectivity index is 1.67. The minimum atomic E-state index is -3.88. The van der Waals surface area contributed by atoms with Gasteiger partial charge in [-0.15, -0.1) is 6.58 Å². The van der Waals surface area contributed by atoms with Gasteiger partial charge in [-0.25, -0.2) is 17.9 Å². The molecular formula is C44H52N6O9S. The van der Waals surface area contributed by atoms with Gasteiger partial charge in [0.1, 0.15) is 23.4 Å². The van der Waals surface area contributed by atoms with Gasteiger partial charge >= 0.3 is 6.09 Å². The molecule has 4 rings (SSSR count). The Kier molecular flexibility index (Phi) is 15.3. The molecule has 4 N–H and O–H groups in total. The first-order chi connectivity index (χ1) is 28.2. The second-order valence-electron chi connectivity index (χ2n) is 15.7. The molecule has 318 valence electrons. The third-order valence-electron chi connectivity index (χ3n) is 8.54. The van der Waals surface area contributed by atoms with E-state index in [0.29, 0.717) is 35.5 Å². The van der Waals surface area contributed by atoms with Crippen molar-refractivity contribution in [2.45, 2.75) is 72.1 Å². The fourth-order valence-electron chi connectivity index (χ4n) is 5.60. The summed E-state index contributed by atoms with van der Waals surface area (Å²) in [4.78, 5) is 62.9. The molecule has 0 unspecified atom stereocenters. The zero-order chi connectivity index (χ0) is 44.3. The molecule has 0 aliphatic rings. The number of hydrogen-bond acceptors (Lipinski definition) is 11. The average molecular weight is 841 g/mol. The summed E-state index contributed by atoms with van der Waals surface area (Å²) in [5.41, 5.74) is 0.0869. The smallest absolute Gasteiger partial charge is 0.408 e. The van der Waals surface area contributed by atoms with Crippen LogP contribution in [0.4, 0.5) is 10.5 Å². The number of carbonyl (C=O) groups excluding carboxylic acids is 4. The van der Waals surface area contributed by atoms with Gasteiger partial charge in [0.05, 0.1) is 18.9 Å². The summed E-state index contributed by atoms with van der Waals surface area (Å²) in [6.07, 6.45) is 3.06. The quantitative estimate of drug-likeness (QED) is 0.0611. The van der Waals surface area contributed by atoms with Crippen LogP contribution in [-0.4, -0.2) is 66.7 Å². The standard InChI is InChI=1S/C44H52N6O9S/c1-10-12-16-25-60(55,56)50-39(51)30-19-22-32(23-20-30)45-40(52)36(48-41(53)37(43(3,4)5)49-42(54)59-44(6,7)8)31-21-24-33(28(11-2)26-31)58-35-27-34(57-9)46-38(47-35)29-17-14-13-15-18-29/h10-11,13-15,17-24,26-27,36-37H,1-2,12,16,25H2,3-9H3,(H,45,52)(H,48,53)(H,49,54)(H,50,51)/t36-,37+/m0/s1. The number of anilines is 1. The monoisotopic (exact) mass is 840 g/mol. The highest BCUT2D eigenvalue weighted by Gasteiger charge is 2.37. The van der Waals surface area contributed by atoms with Gasteiger partial charge in [-0.05, 0) is 81.0 Å². The zero-order valence-corrected chi connectivity index (χ0v) is 35.6. The number of allylic oxidation sites excluding steroid dienone is 1. The number of amides is 4. The van der Waals surface area contributed by atoms with Crippen LogP contribution in [0.1, 0.15) is 81.9 Å². The van der Waals surface area contributed by atoms with E-state index in [0.717, 1.165) is 5.56 Å². The molecule has 0 fully saturated rings. The highest BCUT2D eigenvalue weighted by atomic mass is 32.2. The van der Waals surface area contributed by atoms with E-state index in [1.54, 1.807) is 65.8 Å². The summed E-state index contributed by atoms with van der Waals surface area (Å²) in [6.45, 7) is 17.8. The molecule has 16 heteroatoms. The van der Waals surface area contributed by atoms with Crippen molar-refractivity contribution in [3.8, 4) is 28.9 Å². The Bertz CT molecular complexity index is 2300. The number of ether oxygens (including phenoxy) is 3. The minimum Gasteiger partial charge on any atom is -0.481 e. The largest absolute Gasteiger partial charge is 0.481 e. The molecule has 1 heterocycles. The van der Waals surface area contributed by atoms with Crippen molar-refractivity contribution in [1.29, 1.82) is 0 Å². The fourth-order valence-corrected chi connectivity index (χ4v) is 6.65.